The van der Waals surface area contributed by atoms with E-state index in [-0.39, 0.29) is 24.8 Å². The zero-order valence-electron chi connectivity index (χ0n) is 13.6. The molecule has 0 spiro atoms. The van der Waals surface area contributed by atoms with Crippen LogP contribution in [0.2, 0.25) is 0 Å². The van der Waals surface area contributed by atoms with E-state index in [4.69, 9.17) is 0 Å². The summed E-state index contributed by atoms with van der Waals surface area (Å²) in [6, 6.07) is 7.79. The van der Waals surface area contributed by atoms with Gasteiger partial charge >= 0.3 is 0 Å². The molecule has 0 bridgehead atoms. The Hall–Kier alpha value is -1.68. The molecule has 0 aliphatic carbocycles. The average Bonchev–Trinajstić information content (AvgIpc) is 2.47. The van der Waals surface area contributed by atoms with Crippen molar-refractivity contribution < 1.29 is 9.59 Å². The van der Waals surface area contributed by atoms with Crippen molar-refractivity contribution in [2.75, 3.05) is 33.7 Å². The van der Waals surface area contributed by atoms with Gasteiger partial charge in [-0.25, -0.2) is 0 Å². The van der Waals surface area contributed by atoms with Crippen LogP contribution in [0.4, 0.5) is 0 Å². The van der Waals surface area contributed by atoms with Gasteiger partial charge in [-0.15, -0.1) is 0 Å². The van der Waals surface area contributed by atoms with Gasteiger partial charge in [-0.3, -0.25) is 14.5 Å². The molecule has 1 aromatic rings. The minimum Gasteiger partial charge on any atom is -0.348 e. The highest BCUT2D eigenvalue weighted by Crippen LogP contribution is 2.08. The quantitative estimate of drug-likeness (QED) is 0.689. The monoisotopic (exact) mass is 290 g/mol. The number of likely N-dealkylation sites (N-methyl/N-ethyl adjacent to an activating group) is 2. The summed E-state index contributed by atoms with van der Waals surface area (Å²) in [4.78, 5) is 27.4. The van der Waals surface area contributed by atoms with Crippen molar-refractivity contribution in [1.82, 2.24) is 9.80 Å². The molecule has 4 heteroatoms. The van der Waals surface area contributed by atoms with Crippen LogP contribution in [0, 0.1) is 0 Å². The number of nitrogens with zero attached hydrogens (tertiary/aromatic N) is 2. The Morgan fingerprint density at radius 2 is 1.62 bits per heavy atom. The molecule has 1 rings (SSSR count). The van der Waals surface area contributed by atoms with E-state index in [1.807, 2.05) is 36.1 Å². The Morgan fingerprint density at radius 3 is 2.10 bits per heavy atom. The maximum atomic E-state index is 12.3. The van der Waals surface area contributed by atoms with E-state index in [1.54, 1.807) is 19.0 Å². The number of carbonyl (C=O) groups is 2. The molecular formula is C17H26N2O2. The van der Waals surface area contributed by atoms with Gasteiger partial charge in [-0.2, -0.15) is 0 Å². The Labute approximate surface area is 127 Å². The molecule has 0 fully saturated rings. The number of carbonyl (C=O) groups excluding carboxylic acids is 2. The molecule has 0 aliphatic heterocycles. The van der Waals surface area contributed by atoms with Crippen molar-refractivity contribution in [2.45, 2.75) is 26.7 Å². The number of hydrogen-bond donors (Lipinski definition) is 0. The van der Waals surface area contributed by atoms with Gasteiger partial charge in [0.1, 0.15) is 0 Å². The summed E-state index contributed by atoms with van der Waals surface area (Å²) in [5.41, 5.74) is 1.97. The lowest BCUT2D eigenvalue weighted by Crippen LogP contribution is -2.39. The van der Waals surface area contributed by atoms with E-state index < -0.39 is 0 Å². The maximum Gasteiger partial charge on any atom is 0.236 e. The number of benzene rings is 1. The van der Waals surface area contributed by atoms with Crippen LogP contribution < -0.4 is 0 Å². The standard InChI is InChI=1S/C17H26N2O2/c1-5-7-14-8-10-15(11-9-14)16(20)12-19(6-2)13-17(21)18(3)4/h8-11H,5-7,12-13H2,1-4H3. The summed E-state index contributed by atoms with van der Waals surface area (Å²) in [5.74, 6) is 0.0781. The second kappa shape index (κ2) is 8.57. The second-order valence-corrected chi connectivity index (χ2v) is 5.46. The molecule has 0 aliphatic rings. The van der Waals surface area contributed by atoms with Gasteiger partial charge in [-0.1, -0.05) is 44.5 Å². The first-order valence-corrected chi connectivity index (χ1v) is 7.52. The second-order valence-electron chi connectivity index (χ2n) is 5.46. The fourth-order valence-electron chi connectivity index (χ4n) is 2.05. The number of hydrogen-bond acceptors (Lipinski definition) is 3. The van der Waals surface area contributed by atoms with Crippen molar-refractivity contribution >= 4 is 11.7 Å². The molecule has 0 heterocycles. The van der Waals surface area contributed by atoms with Crippen LogP contribution >= 0.6 is 0 Å². The Morgan fingerprint density at radius 1 is 1.00 bits per heavy atom. The largest absolute Gasteiger partial charge is 0.348 e. The van der Waals surface area contributed by atoms with Gasteiger partial charge in [0.2, 0.25) is 5.91 Å². The summed E-state index contributed by atoms with van der Waals surface area (Å²) in [5, 5.41) is 0. The van der Waals surface area contributed by atoms with Gasteiger partial charge in [0.15, 0.2) is 5.78 Å². The van der Waals surface area contributed by atoms with Crippen LogP contribution in [0.15, 0.2) is 24.3 Å². The lowest BCUT2D eigenvalue weighted by atomic mass is 10.1. The molecule has 0 radical (unpaired) electrons. The number of aryl methyl sites for hydroxylation is 1. The zero-order chi connectivity index (χ0) is 15.8. The highest BCUT2D eigenvalue weighted by molar-refractivity contribution is 5.97. The fraction of sp³-hybridized carbons (Fsp3) is 0.529. The Bertz CT molecular complexity index is 466. The third kappa shape index (κ3) is 5.68. The first kappa shape index (κ1) is 17.4. The van der Waals surface area contributed by atoms with Crippen LogP contribution in [0.1, 0.15) is 36.2 Å². The molecule has 21 heavy (non-hydrogen) atoms. The van der Waals surface area contributed by atoms with E-state index in [0.717, 1.165) is 12.8 Å². The Kier molecular flexibility index (Phi) is 7.09. The minimum absolute atomic E-state index is 0.0166. The van der Waals surface area contributed by atoms with Crippen LogP contribution in [0.3, 0.4) is 0 Å². The molecule has 1 aromatic carbocycles. The van der Waals surface area contributed by atoms with Gasteiger partial charge in [-0.05, 0) is 18.5 Å². The summed E-state index contributed by atoms with van der Waals surface area (Å²) in [7, 11) is 3.45. The number of Topliss-reactive ketones (excluding diaryl/α,β-unsaturated/α-hetero) is 1. The highest BCUT2D eigenvalue weighted by atomic mass is 16.2. The molecular weight excluding hydrogens is 264 g/mol. The molecule has 116 valence electrons. The predicted octanol–water partition coefficient (Wildman–Crippen LogP) is 2.23. The zero-order valence-corrected chi connectivity index (χ0v) is 13.6. The SMILES string of the molecule is CCCc1ccc(C(=O)CN(CC)CC(=O)N(C)C)cc1. The van der Waals surface area contributed by atoms with Crippen LogP contribution in [0.5, 0.6) is 0 Å². The summed E-state index contributed by atoms with van der Waals surface area (Å²) < 4.78 is 0. The third-order valence-corrected chi connectivity index (χ3v) is 3.49. The normalized spacial score (nSPS) is 10.7. The van der Waals surface area contributed by atoms with Crippen molar-refractivity contribution in [1.29, 1.82) is 0 Å². The van der Waals surface area contributed by atoms with Crippen molar-refractivity contribution in [3.05, 3.63) is 35.4 Å². The first-order valence-electron chi connectivity index (χ1n) is 7.52. The van der Waals surface area contributed by atoms with E-state index >= 15 is 0 Å². The number of ketones is 1. The van der Waals surface area contributed by atoms with Gasteiger partial charge in [0, 0.05) is 19.7 Å². The van der Waals surface area contributed by atoms with Gasteiger partial charge < -0.3 is 4.90 Å². The van der Waals surface area contributed by atoms with Gasteiger partial charge in [0.25, 0.3) is 0 Å². The first-order chi connectivity index (χ1) is 9.97. The van der Waals surface area contributed by atoms with Crippen LogP contribution in [-0.4, -0.2) is 55.2 Å². The van der Waals surface area contributed by atoms with Crippen molar-refractivity contribution in [3.8, 4) is 0 Å². The van der Waals surface area contributed by atoms with E-state index in [1.165, 1.54) is 5.56 Å². The third-order valence-electron chi connectivity index (χ3n) is 3.49. The number of amides is 1. The Balaban J connectivity index is 2.63. The average molecular weight is 290 g/mol. The molecule has 0 aromatic heterocycles. The maximum absolute atomic E-state index is 12.3. The smallest absolute Gasteiger partial charge is 0.236 e. The highest BCUT2D eigenvalue weighted by Gasteiger charge is 2.15. The predicted molar refractivity (Wildman–Crippen MR) is 85.6 cm³/mol. The number of rotatable bonds is 8. The van der Waals surface area contributed by atoms with Crippen LogP contribution in [-0.2, 0) is 11.2 Å². The summed E-state index contributed by atoms with van der Waals surface area (Å²) in [6.07, 6.45) is 2.14. The topological polar surface area (TPSA) is 40.6 Å². The summed E-state index contributed by atoms with van der Waals surface area (Å²) >= 11 is 0. The molecule has 0 N–H and O–H groups in total. The van der Waals surface area contributed by atoms with E-state index in [0.29, 0.717) is 12.1 Å². The minimum atomic E-state index is 0.0166. The lowest BCUT2D eigenvalue weighted by molar-refractivity contribution is -0.129. The van der Waals surface area contributed by atoms with Crippen molar-refractivity contribution in [3.63, 3.8) is 0 Å². The van der Waals surface area contributed by atoms with E-state index in [9.17, 15) is 9.59 Å². The van der Waals surface area contributed by atoms with Gasteiger partial charge in [0.05, 0.1) is 13.1 Å². The summed E-state index contributed by atoms with van der Waals surface area (Å²) in [6.45, 7) is 5.34. The van der Waals surface area contributed by atoms with E-state index in [2.05, 4.69) is 6.92 Å². The molecule has 4 nitrogen and oxygen atoms in total. The van der Waals surface area contributed by atoms with Crippen molar-refractivity contribution in [2.24, 2.45) is 0 Å². The fourth-order valence-corrected chi connectivity index (χ4v) is 2.05. The molecule has 0 saturated heterocycles. The molecule has 0 atom stereocenters. The van der Waals surface area contributed by atoms with Crippen LogP contribution in [0.25, 0.3) is 0 Å². The molecule has 0 unspecified atom stereocenters. The molecule has 0 saturated carbocycles. The lowest BCUT2D eigenvalue weighted by Gasteiger charge is -2.21. The molecule has 1 amide bonds.